The normalized spacial score (nSPS) is 13.0. The van der Waals surface area contributed by atoms with Crippen LogP contribution in [0, 0.1) is 11.8 Å². The first-order valence-corrected chi connectivity index (χ1v) is 6.44. The molecule has 0 saturated carbocycles. The molecule has 16 heavy (non-hydrogen) atoms. The molecule has 1 rings (SSSR count). The van der Waals surface area contributed by atoms with Crippen LogP contribution in [-0.4, -0.2) is 13.1 Å². The van der Waals surface area contributed by atoms with E-state index in [0.717, 1.165) is 24.9 Å². The number of nitrogens with one attached hydrogen (secondary N) is 1. The summed E-state index contributed by atoms with van der Waals surface area (Å²) < 4.78 is 0. The van der Waals surface area contributed by atoms with Crippen LogP contribution in [0.1, 0.15) is 32.8 Å². The predicted octanol–water partition coefficient (Wildman–Crippen LogP) is 3.50. The maximum atomic E-state index is 3.54. The summed E-state index contributed by atoms with van der Waals surface area (Å²) in [6.45, 7) is 9.17. The maximum Gasteiger partial charge on any atom is -0.00207 e. The lowest BCUT2D eigenvalue weighted by Gasteiger charge is -2.15. The van der Waals surface area contributed by atoms with Crippen LogP contribution < -0.4 is 5.32 Å². The number of hydrogen-bond acceptors (Lipinski definition) is 1. The predicted molar refractivity (Wildman–Crippen MR) is 71.6 cm³/mol. The molecule has 1 heteroatoms. The highest BCUT2D eigenvalue weighted by atomic mass is 14.8. The molecule has 0 bridgehead atoms. The zero-order valence-electron chi connectivity index (χ0n) is 10.9. The molecule has 1 N–H and O–H groups in total. The SMILES string of the molecule is CC(C)C(C)CNCCCc1ccccc1. The average molecular weight is 219 g/mol. The molecule has 90 valence electrons. The van der Waals surface area contributed by atoms with Gasteiger partial charge in [0.15, 0.2) is 0 Å². The molecule has 0 heterocycles. The Labute approximate surface area is 100 Å². The van der Waals surface area contributed by atoms with Crippen LogP contribution in [0.2, 0.25) is 0 Å². The molecule has 1 nitrogen and oxygen atoms in total. The van der Waals surface area contributed by atoms with Gasteiger partial charge in [0.1, 0.15) is 0 Å². The molecule has 0 aliphatic heterocycles. The summed E-state index contributed by atoms with van der Waals surface area (Å²) in [5.74, 6) is 1.55. The van der Waals surface area contributed by atoms with Crippen molar-refractivity contribution >= 4 is 0 Å². The van der Waals surface area contributed by atoms with Crippen molar-refractivity contribution in [3.8, 4) is 0 Å². The Morgan fingerprint density at radius 2 is 1.75 bits per heavy atom. The van der Waals surface area contributed by atoms with E-state index in [4.69, 9.17) is 0 Å². The molecule has 1 unspecified atom stereocenters. The molecule has 0 aromatic heterocycles. The van der Waals surface area contributed by atoms with Crippen LogP contribution in [0.15, 0.2) is 30.3 Å². The van der Waals surface area contributed by atoms with Crippen molar-refractivity contribution in [3.63, 3.8) is 0 Å². The molecule has 1 aromatic carbocycles. The quantitative estimate of drug-likeness (QED) is 0.692. The van der Waals surface area contributed by atoms with E-state index in [2.05, 4.69) is 56.4 Å². The minimum absolute atomic E-state index is 0.775. The van der Waals surface area contributed by atoms with Crippen molar-refractivity contribution in [2.75, 3.05) is 13.1 Å². The molecule has 0 spiro atoms. The van der Waals surface area contributed by atoms with Crippen molar-refractivity contribution < 1.29 is 0 Å². The first-order valence-electron chi connectivity index (χ1n) is 6.44. The van der Waals surface area contributed by atoms with E-state index in [9.17, 15) is 0 Å². The van der Waals surface area contributed by atoms with Gasteiger partial charge in [0, 0.05) is 0 Å². The summed E-state index contributed by atoms with van der Waals surface area (Å²) in [5, 5.41) is 3.54. The highest BCUT2D eigenvalue weighted by Crippen LogP contribution is 2.07. The smallest absolute Gasteiger partial charge is 0.00207 e. The third kappa shape index (κ3) is 5.32. The number of benzene rings is 1. The average Bonchev–Trinajstić information content (AvgIpc) is 2.29. The highest BCUT2D eigenvalue weighted by Gasteiger charge is 2.05. The molecular weight excluding hydrogens is 194 g/mol. The van der Waals surface area contributed by atoms with E-state index in [1.165, 1.54) is 18.4 Å². The first-order chi connectivity index (χ1) is 7.70. The van der Waals surface area contributed by atoms with Crippen LogP contribution in [0.4, 0.5) is 0 Å². The summed E-state index contributed by atoms with van der Waals surface area (Å²) in [7, 11) is 0. The summed E-state index contributed by atoms with van der Waals surface area (Å²) in [5.41, 5.74) is 1.45. The van der Waals surface area contributed by atoms with Gasteiger partial charge in [0.05, 0.1) is 0 Å². The van der Waals surface area contributed by atoms with Gasteiger partial charge in [0.2, 0.25) is 0 Å². The molecular formula is C15H25N. The second-order valence-electron chi connectivity index (χ2n) is 5.01. The van der Waals surface area contributed by atoms with E-state index < -0.39 is 0 Å². The number of aryl methyl sites for hydroxylation is 1. The van der Waals surface area contributed by atoms with E-state index in [1.807, 2.05) is 0 Å². The van der Waals surface area contributed by atoms with E-state index in [1.54, 1.807) is 0 Å². The molecule has 0 radical (unpaired) electrons. The van der Waals surface area contributed by atoms with Gasteiger partial charge in [-0.3, -0.25) is 0 Å². The summed E-state index contributed by atoms with van der Waals surface area (Å²) in [6.07, 6.45) is 2.42. The van der Waals surface area contributed by atoms with Gasteiger partial charge in [-0.05, 0) is 43.3 Å². The summed E-state index contributed by atoms with van der Waals surface area (Å²) in [4.78, 5) is 0. The fraction of sp³-hybridized carbons (Fsp3) is 0.600. The van der Waals surface area contributed by atoms with Crippen LogP contribution in [0.25, 0.3) is 0 Å². The first kappa shape index (κ1) is 13.2. The zero-order valence-corrected chi connectivity index (χ0v) is 10.9. The van der Waals surface area contributed by atoms with Gasteiger partial charge < -0.3 is 5.32 Å². The molecule has 0 saturated heterocycles. The Morgan fingerprint density at radius 3 is 2.38 bits per heavy atom. The van der Waals surface area contributed by atoms with Crippen molar-refractivity contribution in [2.45, 2.75) is 33.6 Å². The van der Waals surface area contributed by atoms with Crippen LogP contribution in [-0.2, 0) is 6.42 Å². The standard InChI is InChI=1S/C15H25N/c1-13(2)14(3)12-16-11-7-10-15-8-5-4-6-9-15/h4-6,8-9,13-14,16H,7,10-12H2,1-3H3. The third-order valence-corrected chi connectivity index (χ3v) is 3.27. The van der Waals surface area contributed by atoms with E-state index >= 15 is 0 Å². The Morgan fingerprint density at radius 1 is 1.06 bits per heavy atom. The second-order valence-corrected chi connectivity index (χ2v) is 5.01. The molecule has 0 fully saturated rings. The summed E-state index contributed by atoms with van der Waals surface area (Å²) >= 11 is 0. The molecule has 0 aliphatic carbocycles. The van der Waals surface area contributed by atoms with Gasteiger partial charge in [-0.15, -0.1) is 0 Å². The fourth-order valence-corrected chi connectivity index (χ4v) is 1.63. The van der Waals surface area contributed by atoms with Crippen molar-refractivity contribution in [2.24, 2.45) is 11.8 Å². The fourth-order valence-electron chi connectivity index (χ4n) is 1.63. The molecule has 0 aliphatic rings. The Kier molecular flexibility index (Phi) is 6.17. The maximum absolute atomic E-state index is 3.54. The van der Waals surface area contributed by atoms with Gasteiger partial charge in [-0.1, -0.05) is 51.1 Å². The Bertz CT molecular complexity index is 266. The molecule has 1 atom stereocenters. The van der Waals surface area contributed by atoms with Crippen molar-refractivity contribution in [3.05, 3.63) is 35.9 Å². The van der Waals surface area contributed by atoms with Crippen molar-refractivity contribution in [1.29, 1.82) is 0 Å². The lowest BCUT2D eigenvalue weighted by molar-refractivity contribution is 0.392. The van der Waals surface area contributed by atoms with Gasteiger partial charge in [0.25, 0.3) is 0 Å². The van der Waals surface area contributed by atoms with Crippen LogP contribution in [0.5, 0.6) is 0 Å². The Hall–Kier alpha value is -0.820. The minimum Gasteiger partial charge on any atom is -0.316 e. The van der Waals surface area contributed by atoms with E-state index in [-0.39, 0.29) is 0 Å². The topological polar surface area (TPSA) is 12.0 Å². The monoisotopic (exact) mass is 219 g/mol. The minimum atomic E-state index is 0.775. The molecule has 1 aromatic rings. The van der Waals surface area contributed by atoms with Crippen LogP contribution >= 0.6 is 0 Å². The second kappa shape index (κ2) is 7.45. The highest BCUT2D eigenvalue weighted by molar-refractivity contribution is 5.14. The largest absolute Gasteiger partial charge is 0.316 e. The third-order valence-electron chi connectivity index (χ3n) is 3.27. The number of rotatable bonds is 7. The van der Waals surface area contributed by atoms with Gasteiger partial charge >= 0.3 is 0 Å². The lowest BCUT2D eigenvalue weighted by atomic mass is 9.98. The Balaban J connectivity index is 2.04. The summed E-state index contributed by atoms with van der Waals surface area (Å²) in [6, 6.07) is 10.7. The van der Waals surface area contributed by atoms with Crippen molar-refractivity contribution in [1.82, 2.24) is 5.32 Å². The van der Waals surface area contributed by atoms with Gasteiger partial charge in [-0.2, -0.15) is 0 Å². The van der Waals surface area contributed by atoms with Gasteiger partial charge in [-0.25, -0.2) is 0 Å². The lowest BCUT2D eigenvalue weighted by Crippen LogP contribution is -2.25. The zero-order chi connectivity index (χ0) is 11.8. The molecule has 0 amide bonds. The number of hydrogen-bond donors (Lipinski definition) is 1. The van der Waals surface area contributed by atoms with E-state index in [0.29, 0.717) is 0 Å². The van der Waals surface area contributed by atoms with Crippen LogP contribution in [0.3, 0.4) is 0 Å².